The van der Waals surface area contributed by atoms with Gasteiger partial charge in [-0.2, -0.15) is 0 Å². The van der Waals surface area contributed by atoms with Gasteiger partial charge in [-0.05, 0) is 34.1 Å². The summed E-state index contributed by atoms with van der Waals surface area (Å²) in [6.07, 6.45) is 0. The molecule has 1 heterocycles. The molecule has 2 N–H and O–H groups in total. The molecule has 0 radical (unpaired) electrons. The molecule has 0 bridgehead atoms. The maximum Gasteiger partial charge on any atom is 0.203 e. The molecule has 0 amide bonds. The number of anilines is 2. The van der Waals surface area contributed by atoms with Crippen molar-refractivity contribution in [1.29, 1.82) is 0 Å². The molecule has 0 aliphatic carbocycles. The first-order valence-corrected chi connectivity index (χ1v) is 5.80. The Kier molecular flexibility index (Phi) is 3.10. The van der Waals surface area contributed by atoms with E-state index in [0.29, 0.717) is 0 Å². The number of halogens is 1. The standard InChI is InChI=1S/C11H15BrN2O2/c1-15-11(16-2)6-14(7-11)10-4-3-8(13)5-9(10)12/h3-5H,6-7,13H2,1-2H3. The Labute approximate surface area is 103 Å². The van der Waals surface area contributed by atoms with Crippen molar-refractivity contribution in [2.75, 3.05) is 37.9 Å². The third-order valence-electron chi connectivity index (χ3n) is 2.92. The van der Waals surface area contributed by atoms with E-state index in [1.807, 2.05) is 18.2 Å². The smallest absolute Gasteiger partial charge is 0.203 e. The number of nitrogens with two attached hydrogens (primary N) is 1. The molecule has 1 fully saturated rings. The second-order valence-electron chi connectivity index (χ2n) is 3.89. The van der Waals surface area contributed by atoms with Gasteiger partial charge in [0, 0.05) is 24.4 Å². The predicted octanol–water partition coefficient (Wildman–Crippen LogP) is 1.84. The maximum atomic E-state index is 5.69. The zero-order valence-electron chi connectivity index (χ0n) is 9.37. The lowest BCUT2D eigenvalue weighted by atomic mass is 10.1. The summed E-state index contributed by atoms with van der Waals surface area (Å²) in [5.41, 5.74) is 7.56. The largest absolute Gasteiger partial charge is 0.399 e. The van der Waals surface area contributed by atoms with E-state index in [-0.39, 0.29) is 0 Å². The van der Waals surface area contributed by atoms with E-state index in [0.717, 1.165) is 28.9 Å². The minimum atomic E-state index is -0.458. The molecule has 0 spiro atoms. The fourth-order valence-electron chi connectivity index (χ4n) is 1.83. The number of hydrogen-bond donors (Lipinski definition) is 1. The van der Waals surface area contributed by atoms with Gasteiger partial charge in [0.05, 0.1) is 18.8 Å². The summed E-state index contributed by atoms with van der Waals surface area (Å²) < 4.78 is 11.7. The summed E-state index contributed by atoms with van der Waals surface area (Å²) in [7, 11) is 3.33. The van der Waals surface area contributed by atoms with E-state index in [1.165, 1.54) is 0 Å². The highest BCUT2D eigenvalue weighted by atomic mass is 79.9. The molecule has 0 aromatic heterocycles. The number of rotatable bonds is 3. The second kappa shape index (κ2) is 4.24. The molecule has 2 rings (SSSR count). The van der Waals surface area contributed by atoms with Crippen molar-refractivity contribution in [2.45, 2.75) is 5.79 Å². The van der Waals surface area contributed by atoms with Crippen LogP contribution in [0.3, 0.4) is 0 Å². The van der Waals surface area contributed by atoms with E-state index in [2.05, 4.69) is 20.8 Å². The van der Waals surface area contributed by atoms with E-state index in [4.69, 9.17) is 15.2 Å². The molecule has 4 nitrogen and oxygen atoms in total. The molecular formula is C11H15BrN2O2. The third-order valence-corrected chi connectivity index (χ3v) is 3.56. The first-order valence-electron chi connectivity index (χ1n) is 5.00. The highest BCUT2D eigenvalue weighted by molar-refractivity contribution is 9.10. The monoisotopic (exact) mass is 286 g/mol. The summed E-state index contributed by atoms with van der Waals surface area (Å²) in [5, 5.41) is 0. The SMILES string of the molecule is COC1(OC)CN(c2ccc(N)cc2Br)C1. The van der Waals surface area contributed by atoms with Crippen LogP contribution in [0.25, 0.3) is 0 Å². The molecular weight excluding hydrogens is 272 g/mol. The topological polar surface area (TPSA) is 47.7 Å². The van der Waals surface area contributed by atoms with E-state index < -0.39 is 5.79 Å². The fourth-order valence-corrected chi connectivity index (χ4v) is 2.47. The second-order valence-corrected chi connectivity index (χ2v) is 4.74. The molecule has 1 aromatic rings. The van der Waals surface area contributed by atoms with Crippen LogP contribution in [0.15, 0.2) is 22.7 Å². The Morgan fingerprint density at radius 2 is 1.94 bits per heavy atom. The number of ether oxygens (including phenoxy) is 2. The van der Waals surface area contributed by atoms with E-state index in [9.17, 15) is 0 Å². The minimum Gasteiger partial charge on any atom is -0.399 e. The van der Waals surface area contributed by atoms with Crippen LogP contribution >= 0.6 is 15.9 Å². The fraction of sp³-hybridized carbons (Fsp3) is 0.455. The molecule has 5 heteroatoms. The first-order chi connectivity index (χ1) is 7.60. The zero-order valence-corrected chi connectivity index (χ0v) is 11.0. The van der Waals surface area contributed by atoms with Crippen molar-refractivity contribution < 1.29 is 9.47 Å². The van der Waals surface area contributed by atoms with Crippen molar-refractivity contribution in [2.24, 2.45) is 0 Å². The van der Waals surface area contributed by atoms with Gasteiger partial charge in [0.1, 0.15) is 0 Å². The van der Waals surface area contributed by atoms with Crippen LogP contribution in [0.1, 0.15) is 0 Å². The highest BCUT2D eigenvalue weighted by Gasteiger charge is 2.44. The van der Waals surface area contributed by atoms with Crippen molar-refractivity contribution >= 4 is 27.3 Å². The van der Waals surface area contributed by atoms with Gasteiger partial charge in [0.15, 0.2) is 0 Å². The van der Waals surface area contributed by atoms with Crippen molar-refractivity contribution in [3.05, 3.63) is 22.7 Å². The first kappa shape index (κ1) is 11.7. The number of benzene rings is 1. The van der Waals surface area contributed by atoms with Crippen molar-refractivity contribution in [1.82, 2.24) is 0 Å². The lowest BCUT2D eigenvalue weighted by Crippen LogP contribution is -2.64. The molecule has 0 saturated carbocycles. The molecule has 1 saturated heterocycles. The maximum absolute atomic E-state index is 5.69. The van der Waals surface area contributed by atoms with Gasteiger partial charge < -0.3 is 20.1 Å². The third kappa shape index (κ3) is 1.90. The lowest BCUT2D eigenvalue weighted by molar-refractivity contribution is -0.219. The Morgan fingerprint density at radius 1 is 1.31 bits per heavy atom. The number of nitrogen functional groups attached to an aromatic ring is 1. The number of methoxy groups -OCH3 is 2. The van der Waals surface area contributed by atoms with Gasteiger partial charge >= 0.3 is 0 Å². The highest BCUT2D eigenvalue weighted by Crippen LogP contribution is 2.36. The Balaban J connectivity index is 2.12. The summed E-state index contributed by atoms with van der Waals surface area (Å²) in [5.74, 6) is -0.458. The van der Waals surface area contributed by atoms with Gasteiger partial charge in [0.2, 0.25) is 5.79 Å². The average molecular weight is 287 g/mol. The van der Waals surface area contributed by atoms with Crippen molar-refractivity contribution in [3.63, 3.8) is 0 Å². The number of nitrogens with zero attached hydrogens (tertiary/aromatic N) is 1. The summed E-state index contributed by atoms with van der Waals surface area (Å²) >= 11 is 3.50. The van der Waals surface area contributed by atoms with Crippen LogP contribution < -0.4 is 10.6 Å². The predicted molar refractivity (Wildman–Crippen MR) is 67.5 cm³/mol. The minimum absolute atomic E-state index is 0.458. The van der Waals surface area contributed by atoms with Crippen LogP contribution in [0.2, 0.25) is 0 Å². The number of hydrogen-bond acceptors (Lipinski definition) is 4. The van der Waals surface area contributed by atoms with Gasteiger partial charge in [-0.1, -0.05) is 0 Å². The van der Waals surface area contributed by atoms with Crippen molar-refractivity contribution in [3.8, 4) is 0 Å². The van der Waals surface area contributed by atoms with Crippen LogP contribution in [-0.2, 0) is 9.47 Å². The van der Waals surface area contributed by atoms with E-state index in [1.54, 1.807) is 14.2 Å². The van der Waals surface area contributed by atoms with Crippen LogP contribution in [0, 0.1) is 0 Å². The van der Waals surface area contributed by atoms with Gasteiger partial charge in [0.25, 0.3) is 0 Å². The molecule has 1 aliphatic rings. The molecule has 16 heavy (non-hydrogen) atoms. The molecule has 1 aliphatic heterocycles. The molecule has 0 atom stereocenters. The Bertz CT molecular complexity index is 386. The van der Waals surface area contributed by atoms with Crippen LogP contribution in [0.5, 0.6) is 0 Å². The van der Waals surface area contributed by atoms with Gasteiger partial charge in [-0.25, -0.2) is 0 Å². The molecule has 1 aromatic carbocycles. The summed E-state index contributed by atoms with van der Waals surface area (Å²) in [4.78, 5) is 2.18. The molecule has 0 unspecified atom stereocenters. The summed E-state index contributed by atoms with van der Waals surface area (Å²) in [6, 6.07) is 5.78. The molecule has 88 valence electrons. The average Bonchev–Trinajstić information content (AvgIpc) is 2.20. The zero-order chi connectivity index (χ0) is 11.8. The Hall–Kier alpha value is -0.780. The van der Waals surface area contributed by atoms with Crippen LogP contribution in [0.4, 0.5) is 11.4 Å². The summed E-state index contributed by atoms with van der Waals surface area (Å²) in [6.45, 7) is 1.45. The normalized spacial score (nSPS) is 18.3. The lowest BCUT2D eigenvalue weighted by Gasteiger charge is -2.49. The van der Waals surface area contributed by atoms with E-state index >= 15 is 0 Å². The van der Waals surface area contributed by atoms with Crippen LogP contribution in [-0.4, -0.2) is 33.1 Å². The van der Waals surface area contributed by atoms with Gasteiger partial charge in [-0.3, -0.25) is 0 Å². The van der Waals surface area contributed by atoms with Gasteiger partial charge in [-0.15, -0.1) is 0 Å². The quantitative estimate of drug-likeness (QED) is 0.680. The Morgan fingerprint density at radius 3 is 2.44 bits per heavy atom.